The Hall–Kier alpha value is -1.12. The van der Waals surface area contributed by atoms with Crippen molar-refractivity contribution in [1.82, 2.24) is 4.90 Å². The number of rotatable bonds is 4. The number of aliphatic hydroxyl groups excluding tert-OH is 1. The zero-order valence-corrected chi connectivity index (χ0v) is 10.5. The summed E-state index contributed by atoms with van der Waals surface area (Å²) in [5.74, 6) is 0. The van der Waals surface area contributed by atoms with E-state index in [1.807, 2.05) is 18.2 Å². The van der Waals surface area contributed by atoms with Crippen molar-refractivity contribution in [3.8, 4) is 0 Å². The van der Waals surface area contributed by atoms with E-state index in [0.717, 1.165) is 25.9 Å². The molecule has 92 valence electrons. The molecule has 1 aromatic rings. The minimum Gasteiger partial charge on any atom is -0.394 e. The number of nitrogens with zero attached hydrogens (tertiary/aromatic N) is 1. The highest BCUT2D eigenvalue weighted by Crippen LogP contribution is 2.24. The first-order valence-electron chi connectivity index (χ1n) is 6.43. The lowest BCUT2D eigenvalue weighted by Gasteiger charge is -2.34. The zero-order valence-electron chi connectivity index (χ0n) is 10.5. The Bertz CT molecular complexity index is 372. The van der Waals surface area contributed by atoms with Gasteiger partial charge in [0.15, 0.2) is 0 Å². The highest BCUT2D eigenvalue weighted by atomic mass is 16.3. The molecule has 1 heterocycles. The molecule has 1 N–H and O–H groups in total. The smallest absolute Gasteiger partial charge is 0.0628 e. The van der Waals surface area contributed by atoms with E-state index in [0.29, 0.717) is 0 Å². The molecule has 0 saturated carbocycles. The molecule has 0 saturated heterocycles. The van der Waals surface area contributed by atoms with E-state index < -0.39 is 0 Å². The lowest BCUT2D eigenvalue weighted by atomic mass is 10.0. The van der Waals surface area contributed by atoms with E-state index in [-0.39, 0.29) is 12.6 Å². The van der Waals surface area contributed by atoms with Crippen molar-refractivity contribution in [3.05, 3.63) is 47.5 Å². The largest absolute Gasteiger partial charge is 0.394 e. The fraction of sp³-hybridized carbons (Fsp3) is 0.467. The monoisotopic (exact) mass is 231 g/mol. The van der Waals surface area contributed by atoms with E-state index in [1.165, 1.54) is 11.1 Å². The van der Waals surface area contributed by atoms with Crippen molar-refractivity contribution in [2.24, 2.45) is 0 Å². The van der Waals surface area contributed by atoms with Gasteiger partial charge in [-0.3, -0.25) is 4.90 Å². The Balaban J connectivity index is 2.12. The summed E-state index contributed by atoms with van der Waals surface area (Å²) < 4.78 is 0. The van der Waals surface area contributed by atoms with Gasteiger partial charge in [0.2, 0.25) is 0 Å². The third kappa shape index (κ3) is 2.96. The van der Waals surface area contributed by atoms with Crippen molar-refractivity contribution in [2.45, 2.75) is 25.8 Å². The van der Waals surface area contributed by atoms with Crippen LogP contribution in [0.5, 0.6) is 0 Å². The number of benzene rings is 1. The normalized spacial score (nSPS) is 18.8. The van der Waals surface area contributed by atoms with Crippen LogP contribution in [0.25, 0.3) is 0 Å². The molecule has 0 aliphatic carbocycles. The van der Waals surface area contributed by atoms with Crippen molar-refractivity contribution >= 4 is 0 Å². The Labute approximate surface area is 104 Å². The maximum Gasteiger partial charge on any atom is 0.0628 e. The first-order valence-corrected chi connectivity index (χ1v) is 6.43. The summed E-state index contributed by atoms with van der Waals surface area (Å²) in [7, 11) is 0. The Morgan fingerprint density at radius 1 is 1.29 bits per heavy atom. The highest BCUT2D eigenvalue weighted by Gasteiger charge is 2.21. The van der Waals surface area contributed by atoms with Gasteiger partial charge < -0.3 is 5.11 Å². The molecule has 1 aliphatic heterocycles. The summed E-state index contributed by atoms with van der Waals surface area (Å²) in [4.78, 5) is 2.38. The molecule has 2 heteroatoms. The molecule has 1 aromatic carbocycles. The van der Waals surface area contributed by atoms with Crippen LogP contribution >= 0.6 is 0 Å². The van der Waals surface area contributed by atoms with Gasteiger partial charge in [0, 0.05) is 13.1 Å². The minimum atomic E-state index is 0.145. The number of aliphatic hydroxyl groups is 1. The Kier molecular flexibility index (Phi) is 4.35. The van der Waals surface area contributed by atoms with Gasteiger partial charge >= 0.3 is 0 Å². The molecule has 0 radical (unpaired) electrons. The maximum absolute atomic E-state index is 9.63. The predicted molar refractivity (Wildman–Crippen MR) is 70.8 cm³/mol. The third-order valence-corrected chi connectivity index (χ3v) is 3.51. The molecule has 1 aliphatic rings. The van der Waals surface area contributed by atoms with Crippen molar-refractivity contribution in [3.63, 3.8) is 0 Å². The van der Waals surface area contributed by atoms with E-state index in [4.69, 9.17) is 0 Å². The van der Waals surface area contributed by atoms with Gasteiger partial charge in [-0.25, -0.2) is 0 Å². The Morgan fingerprint density at radius 2 is 2.06 bits per heavy atom. The summed E-state index contributed by atoms with van der Waals surface area (Å²) in [6.07, 6.45) is 4.56. The van der Waals surface area contributed by atoms with Gasteiger partial charge in [-0.1, -0.05) is 48.9 Å². The second-order valence-electron chi connectivity index (χ2n) is 4.58. The molecule has 0 aromatic heterocycles. The molecule has 0 spiro atoms. The van der Waals surface area contributed by atoms with Gasteiger partial charge in [0.1, 0.15) is 0 Å². The molecule has 0 unspecified atom stereocenters. The van der Waals surface area contributed by atoms with Crippen LogP contribution in [-0.2, 0) is 0 Å². The summed E-state index contributed by atoms with van der Waals surface area (Å²) in [5, 5.41) is 9.63. The average molecular weight is 231 g/mol. The number of hydrogen-bond acceptors (Lipinski definition) is 2. The van der Waals surface area contributed by atoms with Gasteiger partial charge in [0.25, 0.3) is 0 Å². The van der Waals surface area contributed by atoms with Crippen molar-refractivity contribution in [2.75, 3.05) is 19.7 Å². The van der Waals surface area contributed by atoms with E-state index in [1.54, 1.807) is 0 Å². The molecular weight excluding hydrogens is 210 g/mol. The molecular formula is C15H21NO. The van der Waals surface area contributed by atoms with Crippen molar-refractivity contribution in [1.29, 1.82) is 0 Å². The summed E-state index contributed by atoms with van der Waals surface area (Å²) in [6, 6.07) is 10.4. The molecule has 1 atom stereocenters. The molecule has 2 nitrogen and oxygen atoms in total. The van der Waals surface area contributed by atoms with Gasteiger partial charge in [0.05, 0.1) is 12.6 Å². The molecule has 2 rings (SSSR count). The fourth-order valence-electron chi connectivity index (χ4n) is 2.47. The predicted octanol–water partition coefficient (Wildman–Crippen LogP) is 2.76. The van der Waals surface area contributed by atoms with Gasteiger partial charge in [-0.05, 0) is 18.4 Å². The lowest BCUT2D eigenvalue weighted by Crippen LogP contribution is -2.35. The molecule has 17 heavy (non-hydrogen) atoms. The first-order chi connectivity index (χ1) is 8.35. The van der Waals surface area contributed by atoms with E-state index in [9.17, 15) is 5.11 Å². The quantitative estimate of drug-likeness (QED) is 0.805. The van der Waals surface area contributed by atoms with E-state index >= 15 is 0 Å². The topological polar surface area (TPSA) is 23.5 Å². The molecule has 0 bridgehead atoms. The van der Waals surface area contributed by atoms with Gasteiger partial charge in [-0.15, -0.1) is 0 Å². The van der Waals surface area contributed by atoms with Crippen molar-refractivity contribution < 1.29 is 5.11 Å². The minimum absolute atomic E-state index is 0.145. The standard InChI is InChI=1S/C15H21NO/c1-2-13-7-6-10-16(11-13)15(12-17)14-8-4-3-5-9-14/h3-5,7-9,15,17H,2,6,10-12H2,1H3/t15-/m1/s1. The second kappa shape index (κ2) is 5.99. The summed E-state index contributed by atoms with van der Waals surface area (Å²) in [6.45, 7) is 4.44. The maximum atomic E-state index is 9.63. The third-order valence-electron chi connectivity index (χ3n) is 3.51. The van der Waals surface area contributed by atoms with Crippen LogP contribution in [0.1, 0.15) is 31.4 Å². The van der Waals surface area contributed by atoms with Crippen LogP contribution in [0, 0.1) is 0 Å². The average Bonchev–Trinajstić information content (AvgIpc) is 2.41. The van der Waals surface area contributed by atoms with E-state index in [2.05, 4.69) is 30.0 Å². The van der Waals surface area contributed by atoms with Crippen LogP contribution in [0.3, 0.4) is 0 Å². The zero-order chi connectivity index (χ0) is 12.1. The van der Waals surface area contributed by atoms with Crippen LogP contribution in [0.4, 0.5) is 0 Å². The first kappa shape index (κ1) is 12.3. The van der Waals surface area contributed by atoms with Crippen LogP contribution in [0.2, 0.25) is 0 Å². The fourth-order valence-corrected chi connectivity index (χ4v) is 2.47. The molecule has 0 fully saturated rings. The molecule has 0 amide bonds. The van der Waals surface area contributed by atoms with Crippen LogP contribution in [0.15, 0.2) is 42.0 Å². The highest BCUT2D eigenvalue weighted by molar-refractivity contribution is 5.20. The van der Waals surface area contributed by atoms with Crippen LogP contribution < -0.4 is 0 Å². The summed E-state index contributed by atoms with van der Waals surface area (Å²) in [5.41, 5.74) is 2.71. The number of hydrogen-bond donors (Lipinski definition) is 1. The Morgan fingerprint density at radius 3 is 2.71 bits per heavy atom. The summed E-state index contributed by atoms with van der Waals surface area (Å²) >= 11 is 0. The van der Waals surface area contributed by atoms with Crippen LogP contribution in [-0.4, -0.2) is 29.7 Å². The lowest BCUT2D eigenvalue weighted by molar-refractivity contribution is 0.128. The second-order valence-corrected chi connectivity index (χ2v) is 4.58. The van der Waals surface area contributed by atoms with Gasteiger partial charge in [-0.2, -0.15) is 0 Å². The SMILES string of the molecule is CCC1=CCCN([C@H](CO)c2ccccc2)C1.